The Labute approximate surface area is 126 Å². The van der Waals surface area contributed by atoms with E-state index in [4.69, 9.17) is 9.47 Å². The molecule has 1 amide bonds. The number of pyridine rings is 1. The van der Waals surface area contributed by atoms with Crippen LogP contribution in [0.25, 0.3) is 0 Å². The number of hydrogen-bond donors (Lipinski definition) is 2. The van der Waals surface area contributed by atoms with Crippen LogP contribution >= 0.6 is 0 Å². The largest absolute Gasteiger partial charge is 0.382 e. The van der Waals surface area contributed by atoms with Crippen molar-refractivity contribution in [3.63, 3.8) is 0 Å². The molecule has 1 rings (SSSR count). The molecule has 0 spiro atoms. The lowest BCUT2D eigenvalue weighted by Crippen LogP contribution is -2.26. The summed E-state index contributed by atoms with van der Waals surface area (Å²) >= 11 is 0. The van der Waals surface area contributed by atoms with Crippen molar-refractivity contribution in [3.05, 3.63) is 23.9 Å². The number of carbonyl (C=O) groups is 1. The molecular weight excluding hydrogens is 270 g/mol. The lowest BCUT2D eigenvalue weighted by Gasteiger charge is -2.10. The molecule has 21 heavy (non-hydrogen) atoms. The van der Waals surface area contributed by atoms with Crippen LogP contribution in [0.1, 0.15) is 30.1 Å². The third-order valence-electron chi connectivity index (χ3n) is 2.78. The smallest absolute Gasteiger partial charge is 0.255 e. The minimum atomic E-state index is -0.112. The fourth-order valence-corrected chi connectivity index (χ4v) is 1.69. The first kappa shape index (κ1) is 17.4. The summed E-state index contributed by atoms with van der Waals surface area (Å²) in [5.41, 5.74) is 0.575. The van der Waals surface area contributed by atoms with Crippen molar-refractivity contribution in [2.75, 3.05) is 45.3 Å². The quantitative estimate of drug-likeness (QED) is 0.608. The predicted molar refractivity (Wildman–Crippen MR) is 82.7 cm³/mol. The summed E-state index contributed by atoms with van der Waals surface area (Å²) in [6, 6.07) is 3.54. The Morgan fingerprint density at radius 1 is 1.29 bits per heavy atom. The van der Waals surface area contributed by atoms with E-state index in [0.717, 1.165) is 19.4 Å². The average molecular weight is 295 g/mol. The van der Waals surface area contributed by atoms with Gasteiger partial charge in [-0.25, -0.2) is 4.98 Å². The number of amides is 1. The van der Waals surface area contributed by atoms with Gasteiger partial charge in [0.2, 0.25) is 0 Å². The standard InChI is InChI=1S/C15H25N3O3/c1-3-7-16-14-13(6-4-8-17-14)15(19)18-9-5-10-21-12-11-20-2/h4,6,8H,3,5,7,9-12H2,1-2H3,(H,16,17)(H,18,19). The third-order valence-corrected chi connectivity index (χ3v) is 2.78. The van der Waals surface area contributed by atoms with E-state index in [9.17, 15) is 4.79 Å². The highest BCUT2D eigenvalue weighted by Gasteiger charge is 2.10. The maximum absolute atomic E-state index is 12.1. The van der Waals surface area contributed by atoms with Crippen LogP contribution in [0, 0.1) is 0 Å². The molecule has 6 heteroatoms. The van der Waals surface area contributed by atoms with Crippen LogP contribution in [0.4, 0.5) is 5.82 Å². The van der Waals surface area contributed by atoms with E-state index in [1.54, 1.807) is 25.4 Å². The number of methoxy groups -OCH3 is 1. The maximum Gasteiger partial charge on any atom is 0.255 e. The summed E-state index contributed by atoms with van der Waals surface area (Å²) in [7, 11) is 1.64. The SMILES string of the molecule is CCCNc1ncccc1C(=O)NCCCOCCOC. The van der Waals surface area contributed by atoms with Crippen LogP contribution in [-0.4, -0.2) is 50.9 Å². The van der Waals surface area contributed by atoms with Gasteiger partial charge in [0.15, 0.2) is 0 Å². The van der Waals surface area contributed by atoms with Gasteiger partial charge in [-0.05, 0) is 25.0 Å². The van der Waals surface area contributed by atoms with Crippen LogP contribution in [0.5, 0.6) is 0 Å². The van der Waals surface area contributed by atoms with Crippen molar-refractivity contribution in [1.82, 2.24) is 10.3 Å². The van der Waals surface area contributed by atoms with E-state index in [-0.39, 0.29) is 5.91 Å². The van der Waals surface area contributed by atoms with Gasteiger partial charge in [0.1, 0.15) is 5.82 Å². The van der Waals surface area contributed by atoms with E-state index in [1.165, 1.54) is 0 Å². The van der Waals surface area contributed by atoms with Crippen LogP contribution in [0.2, 0.25) is 0 Å². The molecule has 0 unspecified atom stereocenters. The van der Waals surface area contributed by atoms with Gasteiger partial charge in [-0.2, -0.15) is 0 Å². The van der Waals surface area contributed by atoms with Gasteiger partial charge in [0.25, 0.3) is 5.91 Å². The second kappa shape index (κ2) is 11.0. The Hall–Kier alpha value is -1.66. The van der Waals surface area contributed by atoms with Crippen molar-refractivity contribution in [1.29, 1.82) is 0 Å². The van der Waals surface area contributed by atoms with Gasteiger partial charge in [0.05, 0.1) is 18.8 Å². The second-order valence-electron chi connectivity index (χ2n) is 4.54. The van der Waals surface area contributed by atoms with Crippen molar-refractivity contribution in [3.8, 4) is 0 Å². The normalized spacial score (nSPS) is 10.4. The molecule has 0 aromatic carbocycles. The van der Waals surface area contributed by atoms with Gasteiger partial charge in [-0.3, -0.25) is 4.79 Å². The van der Waals surface area contributed by atoms with Crippen molar-refractivity contribution in [2.24, 2.45) is 0 Å². The molecule has 2 N–H and O–H groups in total. The molecule has 118 valence electrons. The summed E-state index contributed by atoms with van der Waals surface area (Å²) in [4.78, 5) is 16.3. The molecule has 0 radical (unpaired) electrons. The third kappa shape index (κ3) is 7.06. The fourth-order valence-electron chi connectivity index (χ4n) is 1.69. The topological polar surface area (TPSA) is 72.5 Å². The molecular formula is C15H25N3O3. The van der Waals surface area contributed by atoms with E-state index >= 15 is 0 Å². The van der Waals surface area contributed by atoms with Crippen LogP contribution in [-0.2, 0) is 9.47 Å². The fraction of sp³-hybridized carbons (Fsp3) is 0.600. The second-order valence-corrected chi connectivity index (χ2v) is 4.54. The molecule has 0 aliphatic heterocycles. The number of hydrogen-bond acceptors (Lipinski definition) is 5. The summed E-state index contributed by atoms with van der Waals surface area (Å²) in [5, 5.41) is 6.03. The van der Waals surface area contributed by atoms with Crippen molar-refractivity contribution < 1.29 is 14.3 Å². The number of anilines is 1. The molecule has 0 aliphatic carbocycles. The van der Waals surface area contributed by atoms with Gasteiger partial charge in [-0.15, -0.1) is 0 Å². The monoisotopic (exact) mass is 295 g/mol. The Bertz CT molecular complexity index is 413. The molecule has 0 aliphatic rings. The maximum atomic E-state index is 12.1. The minimum absolute atomic E-state index is 0.112. The lowest BCUT2D eigenvalue weighted by molar-refractivity contribution is 0.0688. The molecule has 0 saturated carbocycles. The van der Waals surface area contributed by atoms with Crippen molar-refractivity contribution >= 4 is 11.7 Å². The average Bonchev–Trinajstić information content (AvgIpc) is 2.52. The Morgan fingerprint density at radius 2 is 2.14 bits per heavy atom. The summed E-state index contributed by atoms with van der Waals surface area (Å²) in [6.07, 6.45) is 3.43. The number of aromatic nitrogens is 1. The molecule has 1 aromatic heterocycles. The zero-order chi connectivity index (χ0) is 15.3. The summed E-state index contributed by atoms with van der Waals surface area (Å²) in [5.74, 6) is 0.520. The number of nitrogens with zero attached hydrogens (tertiary/aromatic N) is 1. The van der Waals surface area contributed by atoms with E-state index < -0.39 is 0 Å². The van der Waals surface area contributed by atoms with E-state index in [0.29, 0.717) is 37.7 Å². The molecule has 0 fully saturated rings. The van der Waals surface area contributed by atoms with Gasteiger partial charge >= 0.3 is 0 Å². The predicted octanol–water partition coefficient (Wildman–Crippen LogP) is 1.69. The van der Waals surface area contributed by atoms with E-state index in [2.05, 4.69) is 22.5 Å². The highest BCUT2D eigenvalue weighted by atomic mass is 16.5. The minimum Gasteiger partial charge on any atom is -0.382 e. The number of ether oxygens (including phenoxy) is 2. The Morgan fingerprint density at radius 3 is 2.90 bits per heavy atom. The number of carbonyl (C=O) groups excluding carboxylic acids is 1. The Kier molecular flexibility index (Phi) is 9.15. The van der Waals surface area contributed by atoms with Crippen LogP contribution in [0.3, 0.4) is 0 Å². The molecule has 0 atom stereocenters. The van der Waals surface area contributed by atoms with Gasteiger partial charge < -0.3 is 20.1 Å². The number of nitrogens with one attached hydrogen (secondary N) is 2. The van der Waals surface area contributed by atoms with Gasteiger partial charge in [0, 0.05) is 33.0 Å². The molecule has 1 aromatic rings. The first-order valence-electron chi connectivity index (χ1n) is 7.33. The zero-order valence-corrected chi connectivity index (χ0v) is 12.9. The highest BCUT2D eigenvalue weighted by molar-refractivity contribution is 5.98. The zero-order valence-electron chi connectivity index (χ0n) is 12.9. The first-order chi connectivity index (χ1) is 10.3. The molecule has 6 nitrogen and oxygen atoms in total. The number of rotatable bonds is 11. The highest BCUT2D eigenvalue weighted by Crippen LogP contribution is 2.11. The summed E-state index contributed by atoms with van der Waals surface area (Å²) in [6.45, 7) is 5.22. The molecule has 0 saturated heterocycles. The van der Waals surface area contributed by atoms with E-state index in [1.807, 2.05) is 0 Å². The first-order valence-corrected chi connectivity index (χ1v) is 7.33. The molecule has 1 heterocycles. The lowest BCUT2D eigenvalue weighted by atomic mass is 10.2. The summed E-state index contributed by atoms with van der Waals surface area (Å²) < 4.78 is 10.2. The van der Waals surface area contributed by atoms with Crippen molar-refractivity contribution in [2.45, 2.75) is 19.8 Å². The molecule has 0 bridgehead atoms. The van der Waals surface area contributed by atoms with Crippen LogP contribution < -0.4 is 10.6 Å². The van der Waals surface area contributed by atoms with Crippen LogP contribution in [0.15, 0.2) is 18.3 Å². The van der Waals surface area contributed by atoms with Gasteiger partial charge in [-0.1, -0.05) is 6.92 Å². The Balaban J connectivity index is 2.31.